The van der Waals surface area contributed by atoms with Gasteiger partial charge in [-0.15, -0.1) is 0 Å². The number of fused-ring (bicyclic) bond motifs is 1. The summed E-state index contributed by atoms with van der Waals surface area (Å²) in [5.74, 6) is -0.279. The minimum absolute atomic E-state index is 0.232. The summed E-state index contributed by atoms with van der Waals surface area (Å²) in [6.07, 6.45) is 4.42. The van der Waals surface area contributed by atoms with Crippen LogP contribution in [0.5, 0.6) is 0 Å². The first-order chi connectivity index (χ1) is 16.0. The molecule has 1 aromatic carbocycles. The number of benzene rings is 1. The molecule has 5 rings (SSSR count). The molecule has 0 bridgehead atoms. The summed E-state index contributed by atoms with van der Waals surface area (Å²) in [5, 5.41) is 17.5. The standard InChI is InChI=1S/C25H27N5O3/c1-29-10-7-21-24(29)18(13-16-3-5-17(6-4-16)19-8-11-30(2)28-19)14-22(26-21)25(32)27-20-9-12-33-15-23(20)31/h3-8,10-11,14,20,23,31H,9,12-13,15H2,1-2H3,(H,27,32)/t20-,23-/m0/s1. The largest absolute Gasteiger partial charge is 0.389 e. The summed E-state index contributed by atoms with van der Waals surface area (Å²) in [5.41, 5.74) is 6.29. The Labute approximate surface area is 191 Å². The molecule has 33 heavy (non-hydrogen) atoms. The third-order valence-corrected chi connectivity index (χ3v) is 6.14. The van der Waals surface area contributed by atoms with Crippen LogP contribution < -0.4 is 5.32 Å². The first-order valence-electron chi connectivity index (χ1n) is 11.1. The highest BCUT2D eigenvalue weighted by molar-refractivity contribution is 5.95. The predicted molar refractivity (Wildman–Crippen MR) is 125 cm³/mol. The number of aliphatic hydroxyl groups excluding tert-OH is 1. The lowest BCUT2D eigenvalue weighted by Gasteiger charge is -2.28. The second-order valence-electron chi connectivity index (χ2n) is 8.59. The lowest BCUT2D eigenvalue weighted by molar-refractivity contribution is -0.0261. The van der Waals surface area contributed by atoms with E-state index in [0.29, 0.717) is 25.1 Å². The highest BCUT2D eigenvalue weighted by Crippen LogP contribution is 2.24. The fourth-order valence-corrected chi connectivity index (χ4v) is 4.36. The molecule has 3 aromatic heterocycles. The van der Waals surface area contributed by atoms with Crippen molar-refractivity contribution in [3.63, 3.8) is 0 Å². The van der Waals surface area contributed by atoms with Gasteiger partial charge in [-0.1, -0.05) is 24.3 Å². The van der Waals surface area contributed by atoms with Crippen LogP contribution in [0.3, 0.4) is 0 Å². The molecular weight excluding hydrogens is 418 g/mol. The molecule has 0 unspecified atom stereocenters. The van der Waals surface area contributed by atoms with Crippen LogP contribution in [0.2, 0.25) is 0 Å². The first kappa shape index (κ1) is 21.4. The Balaban J connectivity index is 1.42. The van der Waals surface area contributed by atoms with Gasteiger partial charge in [0.1, 0.15) is 5.69 Å². The Morgan fingerprint density at radius 1 is 1.18 bits per heavy atom. The van der Waals surface area contributed by atoms with Crippen molar-refractivity contribution in [2.75, 3.05) is 13.2 Å². The SMILES string of the molecule is Cn1ccc(-c2ccc(Cc3cc(C(=O)N[C@H]4CCOC[C@@H]4O)nc4ccn(C)c34)cc2)n1. The minimum Gasteiger partial charge on any atom is -0.389 e. The number of nitrogens with zero attached hydrogens (tertiary/aromatic N) is 4. The topological polar surface area (TPSA) is 94.2 Å². The third-order valence-electron chi connectivity index (χ3n) is 6.14. The van der Waals surface area contributed by atoms with Crippen molar-refractivity contribution < 1.29 is 14.6 Å². The highest BCUT2D eigenvalue weighted by Gasteiger charge is 2.26. The van der Waals surface area contributed by atoms with Crippen molar-refractivity contribution in [1.82, 2.24) is 24.6 Å². The number of hydrogen-bond acceptors (Lipinski definition) is 5. The van der Waals surface area contributed by atoms with Crippen molar-refractivity contribution in [2.24, 2.45) is 14.1 Å². The summed E-state index contributed by atoms with van der Waals surface area (Å²) in [7, 11) is 3.89. The predicted octanol–water partition coefficient (Wildman–Crippen LogP) is 2.44. The van der Waals surface area contributed by atoms with Gasteiger partial charge in [-0.2, -0.15) is 5.10 Å². The summed E-state index contributed by atoms with van der Waals surface area (Å²) in [6.45, 7) is 0.753. The van der Waals surface area contributed by atoms with Gasteiger partial charge in [0.25, 0.3) is 5.91 Å². The van der Waals surface area contributed by atoms with E-state index in [4.69, 9.17) is 4.74 Å². The van der Waals surface area contributed by atoms with Gasteiger partial charge in [0.15, 0.2) is 0 Å². The summed E-state index contributed by atoms with van der Waals surface area (Å²) < 4.78 is 9.08. The van der Waals surface area contributed by atoms with Crippen LogP contribution in [0.15, 0.2) is 54.9 Å². The van der Waals surface area contributed by atoms with Gasteiger partial charge >= 0.3 is 0 Å². The van der Waals surface area contributed by atoms with E-state index in [1.54, 1.807) is 4.68 Å². The van der Waals surface area contributed by atoms with E-state index < -0.39 is 6.10 Å². The second kappa shape index (κ2) is 8.80. The molecule has 1 aliphatic heterocycles. The van der Waals surface area contributed by atoms with Crippen LogP contribution in [0.4, 0.5) is 0 Å². The average molecular weight is 446 g/mol. The zero-order valence-corrected chi connectivity index (χ0v) is 18.7. The lowest BCUT2D eigenvalue weighted by Crippen LogP contribution is -2.48. The van der Waals surface area contributed by atoms with Crippen molar-refractivity contribution in [1.29, 1.82) is 0 Å². The smallest absolute Gasteiger partial charge is 0.270 e. The van der Waals surface area contributed by atoms with Crippen molar-refractivity contribution >= 4 is 16.9 Å². The van der Waals surface area contributed by atoms with Crippen LogP contribution in [0.1, 0.15) is 28.0 Å². The quantitative estimate of drug-likeness (QED) is 0.492. The van der Waals surface area contributed by atoms with Crippen molar-refractivity contribution in [2.45, 2.75) is 25.0 Å². The molecule has 1 amide bonds. The number of aromatic nitrogens is 4. The number of aryl methyl sites for hydroxylation is 2. The summed E-state index contributed by atoms with van der Waals surface area (Å²) >= 11 is 0. The molecular formula is C25H27N5O3. The van der Waals surface area contributed by atoms with E-state index in [2.05, 4.69) is 39.7 Å². The molecule has 2 N–H and O–H groups in total. The molecule has 4 aromatic rings. The van der Waals surface area contributed by atoms with E-state index in [1.807, 2.05) is 49.3 Å². The van der Waals surface area contributed by atoms with E-state index in [0.717, 1.165) is 33.4 Å². The van der Waals surface area contributed by atoms with Gasteiger partial charge in [-0.25, -0.2) is 4.98 Å². The van der Waals surface area contributed by atoms with E-state index >= 15 is 0 Å². The fourth-order valence-electron chi connectivity index (χ4n) is 4.36. The maximum Gasteiger partial charge on any atom is 0.270 e. The van der Waals surface area contributed by atoms with Gasteiger partial charge in [0.2, 0.25) is 0 Å². The zero-order valence-electron chi connectivity index (χ0n) is 18.7. The first-order valence-corrected chi connectivity index (χ1v) is 11.1. The number of carbonyl (C=O) groups excluding carboxylic acids is 1. The number of pyridine rings is 1. The Morgan fingerprint density at radius 2 is 2.00 bits per heavy atom. The van der Waals surface area contributed by atoms with Gasteiger partial charge in [-0.3, -0.25) is 9.48 Å². The Bertz CT molecular complexity index is 1290. The number of hydrogen-bond donors (Lipinski definition) is 2. The number of carbonyl (C=O) groups is 1. The molecule has 0 radical (unpaired) electrons. The molecule has 170 valence electrons. The molecule has 2 atom stereocenters. The van der Waals surface area contributed by atoms with Crippen LogP contribution in [-0.4, -0.2) is 55.7 Å². The molecule has 4 heterocycles. The minimum atomic E-state index is -0.708. The van der Waals surface area contributed by atoms with Gasteiger partial charge in [0.05, 0.1) is 35.5 Å². The van der Waals surface area contributed by atoms with E-state index in [-0.39, 0.29) is 18.6 Å². The fraction of sp³-hybridized carbons (Fsp3) is 0.320. The molecule has 0 spiro atoms. The molecule has 1 saturated heterocycles. The molecule has 0 saturated carbocycles. The monoisotopic (exact) mass is 445 g/mol. The normalized spacial score (nSPS) is 18.5. The van der Waals surface area contributed by atoms with Crippen molar-refractivity contribution in [3.05, 3.63) is 71.7 Å². The number of aliphatic hydroxyl groups is 1. The summed E-state index contributed by atoms with van der Waals surface area (Å²) in [6, 6.07) is 13.8. The van der Waals surface area contributed by atoms with Gasteiger partial charge < -0.3 is 19.7 Å². The van der Waals surface area contributed by atoms with Crippen LogP contribution in [0, 0.1) is 0 Å². The maximum atomic E-state index is 13.0. The number of nitrogens with one attached hydrogen (secondary N) is 1. The third kappa shape index (κ3) is 4.40. The number of amides is 1. The molecule has 1 fully saturated rings. The average Bonchev–Trinajstić information content (AvgIpc) is 3.41. The molecule has 8 nitrogen and oxygen atoms in total. The molecule has 0 aliphatic carbocycles. The van der Waals surface area contributed by atoms with Crippen molar-refractivity contribution in [3.8, 4) is 11.3 Å². The van der Waals surface area contributed by atoms with E-state index in [9.17, 15) is 9.90 Å². The molecule has 8 heteroatoms. The van der Waals surface area contributed by atoms with Crippen LogP contribution in [0.25, 0.3) is 22.3 Å². The number of ether oxygens (including phenoxy) is 1. The zero-order chi connectivity index (χ0) is 22.9. The Kier molecular flexibility index (Phi) is 5.70. The Hall–Kier alpha value is -3.49. The lowest BCUT2D eigenvalue weighted by atomic mass is 10.0. The van der Waals surface area contributed by atoms with E-state index in [1.165, 1.54) is 0 Å². The molecule has 1 aliphatic rings. The maximum absolute atomic E-state index is 13.0. The summed E-state index contributed by atoms with van der Waals surface area (Å²) in [4.78, 5) is 17.6. The Morgan fingerprint density at radius 3 is 2.73 bits per heavy atom. The van der Waals surface area contributed by atoms with Crippen LogP contribution in [-0.2, 0) is 25.3 Å². The van der Waals surface area contributed by atoms with Gasteiger partial charge in [0, 0.05) is 38.7 Å². The van der Waals surface area contributed by atoms with Crippen LogP contribution >= 0.6 is 0 Å². The second-order valence-corrected chi connectivity index (χ2v) is 8.59. The number of rotatable bonds is 5. The van der Waals surface area contributed by atoms with Gasteiger partial charge in [-0.05, 0) is 42.2 Å². The highest BCUT2D eigenvalue weighted by atomic mass is 16.5.